The minimum Gasteiger partial charge on any atom is -0.348 e. The molecule has 2 aromatic heterocycles. The summed E-state index contributed by atoms with van der Waals surface area (Å²) in [6.45, 7) is 3.67. The zero-order chi connectivity index (χ0) is 18.0. The van der Waals surface area contributed by atoms with Crippen molar-refractivity contribution in [2.75, 3.05) is 5.32 Å². The van der Waals surface area contributed by atoms with Gasteiger partial charge in [-0.15, -0.1) is 0 Å². The van der Waals surface area contributed by atoms with E-state index in [1.165, 1.54) is 22.6 Å². The summed E-state index contributed by atoms with van der Waals surface area (Å²) in [5.74, 6) is -1.51. The van der Waals surface area contributed by atoms with E-state index in [9.17, 15) is 14.0 Å². The number of pyridine rings is 1. The SMILES string of the molecule is CC(C)NC(=O)c1nc(C(=O)Nc2ccccc2F)n2ccccc12. The third-order valence-electron chi connectivity index (χ3n) is 3.51. The molecule has 128 valence electrons. The van der Waals surface area contributed by atoms with Crippen LogP contribution in [0.4, 0.5) is 10.1 Å². The summed E-state index contributed by atoms with van der Waals surface area (Å²) in [5, 5.41) is 5.24. The van der Waals surface area contributed by atoms with Crippen LogP contribution in [0.25, 0.3) is 5.52 Å². The number of carbonyl (C=O) groups excluding carboxylic acids is 2. The van der Waals surface area contributed by atoms with Crippen molar-refractivity contribution in [1.29, 1.82) is 0 Å². The molecule has 0 aliphatic heterocycles. The topological polar surface area (TPSA) is 75.5 Å². The standard InChI is InChI=1S/C18H17FN4O2/c1-11(2)20-17(24)15-14-9-5-6-10-23(14)16(22-15)18(25)21-13-8-4-3-7-12(13)19/h3-11H,1-2H3,(H,20,24)(H,21,25). The number of nitrogens with one attached hydrogen (secondary N) is 2. The number of halogens is 1. The van der Waals surface area contributed by atoms with Crippen LogP contribution in [0.2, 0.25) is 0 Å². The van der Waals surface area contributed by atoms with Crippen molar-refractivity contribution in [2.45, 2.75) is 19.9 Å². The van der Waals surface area contributed by atoms with Crippen LogP contribution in [0, 0.1) is 5.82 Å². The molecule has 0 saturated heterocycles. The molecule has 2 N–H and O–H groups in total. The van der Waals surface area contributed by atoms with Gasteiger partial charge in [0, 0.05) is 12.2 Å². The maximum atomic E-state index is 13.8. The zero-order valence-electron chi connectivity index (χ0n) is 13.8. The van der Waals surface area contributed by atoms with E-state index in [-0.39, 0.29) is 29.2 Å². The molecule has 3 aromatic rings. The normalized spacial score (nSPS) is 10.9. The Balaban J connectivity index is 2.00. The Bertz CT molecular complexity index is 949. The minimum absolute atomic E-state index is 0.00718. The van der Waals surface area contributed by atoms with Crippen molar-refractivity contribution in [1.82, 2.24) is 14.7 Å². The smallest absolute Gasteiger partial charge is 0.292 e. The second-order valence-electron chi connectivity index (χ2n) is 5.80. The van der Waals surface area contributed by atoms with Crippen LogP contribution >= 0.6 is 0 Å². The van der Waals surface area contributed by atoms with E-state index >= 15 is 0 Å². The first kappa shape index (κ1) is 16.6. The largest absolute Gasteiger partial charge is 0.348 e. The molecule has 0 atom stereocenters. The fourth-order valence-electron chi connectivity index (χ4n) is 2.44. The highest BCUT2D eigenvalue weighted by Gasteiger charge is 2.22. The summed E-state index contributed by atoms with van der Waals surface area (Å²) < 4.78 is 15.3. The summed E-state index contributed by atoms with van der Waals surface area (Å²) >= 11 is 0. The predicted octanol–water partition coefficient (Wildman–Crippen LogP) is 2.86. The highest BCUT2D eigenvalue weighted by molar-refractivity contribution is 6.06. The molecule has 0 saturated carbocycles. The van der Waals surface area contributed by atoms with Crippen molar-refractivity contribution in [3.05, 3.63) is 66.0 Å². The van der Waals surface area contributed by atoms with Gasteiger partial charge in [0.2, 0.25) is 5.82 Å². The van der Waals surface area contributed by atoms with Crippen molar-refractivity contribution in [3.8, 4) is 0 Å². The molecular formula is C18H17FN4O2. The lowest BCUT2D eigenvalue weighted by Crippen LogP contribution is -2.30. The zero-order valence-corrected chi connectivity index (χ0v) is 13.8. The van der Waals surface area contributed by atoms with Gasteiger partial charge in [0.15, 0.2) is 5.69 Å². The van der Waals surface area contributed by atoms with Gasteiger partial charge in [0.25, 0.3) is 11.8 Å². The number of imidazole rings is 1. The highest BCUT2D eigenvalue weighted by Crippen LogP contribution is 2.17. The van der Waals surface area contributed by atoms with Gasteiger partial charge in [0.05, 0.1) is 11.2 Å². The van der Waals surface area contributed by atoms with Gasteiger partial charge in [-0.3, -0.25) is 14.0 Å². The quantitative estimate of drug-likeness (QED) is 0.767. The third-order valence-corrected chi connectivity index (χ3v) is 3.51. The fourth-order valence-corrected chi connectivity index (χ4v) is 2.44. The van der Waals surface area contributed by atoms with Crippen LogP contribution in [0.1, 0.15) is 35.0 Å². The molecule has 6 nitrogen and oxygen atoms in total. The number of amides is 2. The van der Waals surface area contributed by atoms with Crippen LogP contribution in [0.15, 0.2) is 48.7 Å². The Morgan fingerprint density at radius 2 is 1.80 bits per heavy atom. The Labute approximate surface area is 143 Å². The Morgan fingerprint density at radius 1 is 1.08 bits per heavy atom. The number of carbonyl (C=O) groups is 2. The van der Waals surface area contributed by atoms with Gasteiger partial charge >= 0.3 is 0 Å². The molecule has 0 radical (unpaired) electrons. The second kappa shape index (κ2) is 6.72. The lowest BCUT2D eigenvalue weighted by Gasteiger charge is -2.06. The fraction of sp³-hybridized carbons (Fsp3) is 0.167. The number of anilines is 1. The Kier molecular flexibility index (Phi) is 4.47. The second-order valence-corrected chi connectivity index (χ2v) is 5.80. The minimum atomic E-state index is -0.602. The maximum absolute atomic E-state index is 13.8. The molecule has 0 bridgehead atoms. The molecule has 0 fully saturated rings. The van der Waals surface area contributed by atoms with Gasteiger partial charge in [-0.1, -0.05) is 18.2 Å². The van der Waals surface area contributed by atoms with E-state index in [0.29, 0.717) is 5.52 Å². The molecule has 0 aliphatic rings. The number of benzene rings is 1. The summed E-state index contributed by atoms with van der Waals surface area (Å²) in [7, 11) is 0. The highest BCUT2D eigenvalue weighted by atomic mass is 19.1. The maximum Gasteiger partial charge on any atom is 0.292 e. The number of hydrogen-bond donors (Lipinski definition) is 2. The average molecular weight is 340 g/mol. The van der Waals surface area contributed by atoms with Gasteiger partial charge in [-0.2, -0.15) is 0 Å². The molecular weight excluding hydrogens is 323 g/mol. The van der Waals surface area contributed by atoms with Crippen LogP contribution in [0.5, 0.6) is 0 Å². The summed E-state index contributed by atoms with van der Waals surface area (Å²) in [4.78, 5) is 29.1. The van der Waals surface area contributed by atoms with Gasteiger partial charge in [0.1, 0.15) is 5.82 Å². The van der Waals surface area contributed by atoms with Gasteiger partial charge in [-0.25, -0.2) is 9.37 Å². The van der Waals surface area contributed by atoms with E-state index in [4.69, 9.17) is 0 Å². The summed E-state index contributed by atoms with van der Waals surface area (Å²) in [6, 6.07) is 11.0. The number of nitrogens with zero attached hydrogens (tertiary/aromatic N) is 2. The molecule has 1 aromatic carbocycles. The number of fused-ring (bicyclic) bond motifs is 1. The lowest BCUT2D eigenvalue weighted by molar-refractivity contribution is 0.0940. The van der Waals surface area contributed by atoms with Gasteiger partial charge in [-0.05, 0) is 38.1 Å². The molecule has 2 heterocycles. The van der Waals surface area contributed by atoms with Crippen molar-refractivity contribution < 1.29 is 14.0 Å². The Hall–Kier alpha value is -3.22. The van der Waals surface area contributed by atoms with Crippen LogP contribution in [-0.2, 0) is 0 Å². The first-order valence-corrected chi connectivity index (χ1v) is 7.81. The van der Waals surface area contributed by atoms with E-state index in [2.05, 4.69) is 15.6 Å². The third kappa shape index (κ3) is 3.35. The summed E-state index contributed by atoms with van der Waals surface area (Å²) in [6.07, 6.45) is 1.63. The lowest BCUT2D eigenvalue weighted by atomic mass is 10.3. The first-order chi connectivity index (χ1) is 12.0. The molecule has 0 spiro atoms. The van der Waals surface area contributed by atoms with Crippen LogP contribution in [0.3, 0.4) is 0 Å². The molecule has 25 heavy (non-hydrogen) atoms. The monoisotopic (exact) mass is 340 g/mol. The number of hydrogen-bond acceptors (Lipinski definition) is 3. The van der Waals surface area contributed by atoms with E-state index in [1.807, 2.05) is 13.8 Å². The molecule has 2 amide bonds. The van der Waals surface area contributed by atoms with Crippen molar-refractivity contribution >= 4 is 23.0 Å². The number of aromatic nitrogens is 2. The molecule has 3 rings (SSSR count). The summed E-state index contributed by atoms with van der Waals surface area (Å²) in [5.41, 5.74) is 0.695. The first-order valence-electron chi connectivity index (χ1n) is 7.81. The average Bonchev–Trinajstić information content (AvgIpc) is 2.96. The van der Waals surface area contributed by atoms with E-state index < -0.39 is 11.7 Å². The van der Waals surface area contributed by atoms with Crippen molar-refractivity contribution in [2.24, 2.45) is 0 Å². The number of rotatable bonds is 4. The molecule has 7 heteroatoms. The van der Waals surface area contributed by atoms with E-state index in [0.717, 1.165) is 0 Å². The molecule has 0 unspecified atom stereocenters. The van der Waals surface area contributed by atoms with E-state index in [1.54, 1.807) is 30.5 Å². The van der Waals surface area contributed by atoms with Crippen molar-refractivity contribution in [3.63, 3.8) is 0 Å². The molecule has 0 aliphatic carbocycles. The predicted molar refractivity (Wildman–Crippen MR) is 92.1 cm³/mol. The van der Waals surface area contributed by atoms with Crippen LogP contribution < -0.4 is 10.6 Å². The van der Waals surface area contributed by atoms with Gasteiger partial charge < -0.3 is 10.6 Å². The van der Waals surface area contributed by atoms with Crippen LogP contribution in [-0.4, -0.2) is 27.2 Å². The Morgan fingerprint density at radius 3 is 2.52 bits per heavy atom. The number of para-hydroxylation sites is 1.